The van der Waals surface area contributed by atoms with Crippen LogP contribution in [0.1, 0.15) is 6.42 Å². The molecule has 0 bridgehead atoms. The van der Waals surface area contributed by atoms with Gasteiger partial charge in [-0.2, -0.15) is 12.6 Å². The number of thiol groups is 2. The second kappa shape index (κ2) is 2.65. The van der Waals surface area contributed by atoms with Crippen LogP contribution in [0.2, 0.25) is 0 Å². The number of rotatable bonds is 0. The van der Waals surface area contributed by atoms with Gasteiger partial charge in [0.05, 0.1) is 0 Å². The van der Waals surface area contributed by atoms with Crippen LogP contribution in [0.15, 0.2) is 23.1 Å². The average molecular weight is 144 g/mol. The highest BCUT2D eigenvalue weighted by Gasteiger charge is 2.01. The zero-order valence-corrected chi connectivity index (χ0v) is 6.20. The van der Waals surface area contributed by atoms with Crippen LogP contribution in [-0.4, -0.2) is 5.25 Å². The highest BCUT2D eigenvalue weighted by molar-refractivity contribution is 7.84. The molecule has 1 rings (SSSR count). The average Bonchev–Trinajstić information content (AvgIpc) is 1.64. The first-order valence-electron chi connectivity index (χ1n) is 2.53. The first-order valence-corrected chi connectivity index (χ1v) is 3.50. The fraction of sp³-hybridized carbons (Fsp3) is 0.333. The van der Waals surface area contributed by atoms with E-state index in [1.165, 1.54) is 0 Å². The normalized spacial score (nSPS) is 27.8. The van der Waals surface area contributed by atoms with Crippen molar-refractivity contribution in [1.82, 2.24) is 0 Å². The lowest BCUT2D eigenvalue weighted by Crippen LogP contribution is -1.95. The second-order valence-corrected chi connectivity index (χ2v) is 3.05. The summed E-state index contributed by atoms with van der Waals surface area (Å²) in [4.78, 5) is 1.12. The minimum atomic E-state index is 0.382. The van der Waals surface area contributed by atoms with Gasteiger partial charge in [0.1, 0.15) is 0 Å². The van der Waals surface area contributed by atoms with Gasteiger partial charge in [0.25, 0.3) is 0 Å². The Morgan fingerprint density at radius 3 is 2.75 bits per heavy atom. The molecule has 2 heteroatoms. The summed E-state index contributed by atoms with van der Waals surface area (Å²) in [6, 6.07) is 0. The maximum absolute atomic E-state index is 4.24. The van der Waals surface area contributed by atoms with Gasteiger partial charge in [-0.05, 0) is 11.3 Å². The molecule has 0 spiro atoms. The van der Waals surface area contributed by atoms with Crippen molar-refractivity contribution in [3.05, 3.63) is 23.1 Å². The predicted molar refractivity (Wildman–Crippen MR) is 43.6 cm³/mol. The Bertz CT molecular complexity index is 135. The first-order chi connectivity index (χ1) is 3.79. The van der Waals surface area contributed by atoms with Crippen molar-refractivity contribution in [3.63, 3.8) is 0 Å². The van der Waals surface area contributed by atoms with Crippen molar-refractivity contribution in [2.45, 2.75) is 11.7 Å². The third-order valence-electron chi connectivity index (χ3n) is 1.04. The van der Waals surface area contributed by atoms with Crippen LogP contribution >= 0.6 is 25.3 Å². The van der Waals surface area contributed by atoms with Gasteiger partial charge in [0, 0.05) is 5.25 Å². The molecular formula is C6H8S2. The molecule has 0 nitrogen and oxygen atoms in total. The topological polar surface area (TPSA) is 0 Å². The van der Waals surface area contributed by atoms with E-state index in [2.05, 4.69) is 31.3 Å². The minimum Gasteiger partial charge on any atom is -0.171 e. The van der Waals surface area contributed by atoms with E-state index in [0.29, 0.717) is 5.25 Å². The van der Waals surface area contributed by atoms with Gasteiger partial charge < -0.3 is 0 Å². The van der Waals surface area contributed by atoms with Gasteiger partial charge in [-0.25, -0.2) is 0 Å². The zero-order chi connectivity index (χ0) is 5.98. The molecule has 0 N–H and O–H groups in total. The molecule has 0 aromatic carbocycles. The molecule has 44 valence electrons. The molecular weight excluding hydrogens is 136 g/mol. The molecule has 1 aliphatic rings. The smallest absolute Gasteiger partial charge is 0.0245 e. The zero-order valence-electron chi connectivity index (χ0n) is 4.41. The summed E-state index contributed by atoms with van der Waals surface area (Å²) in [6.45, 7) is 0. The molecule has 1 atom stereocenters. The molecule has 0 radical (unpaired) electrons. The van der Waals surface area contributed by atoms with Crippen molar-refractivity contribution in [2.24, 2.45) is 0 Å². The summed E-state index contributed by atoms with van der Waals surface area (Å²) >= 11 is 8.43. The van der Waals surface area contributed by atoms with Crippen molar-refractivity contribution in [1.29, 1.82) is 0 Å². The Morgan fingerprint density at radius 1 is 1.62 bits per heavy atom. The second-order valence-electron chi connectivity index (χ2n) is 1.81. The molecule has 0 saturated carbocycles. The molecule has 0 aliphatic heterocycles. The fourth-order valence-corrected chi connectivity index (χ4v) is 1.37. The molecule has 0 heterocycles. The molecule has 0 fully saturated rings. The number of allylic oxidation sites excluding steroid dienone is 3. The highest BCUT2D eigenvalue weighted by atomic mass is 32.1. The Kier molecular flexibility index (Phi) is 2.08. The standard InChI is InChI=1S/C6H8S2/c7-5-2-1-3-6(8)4-5/h1-3,5,7-8H,4H2. The van der Waals surface area contributed by atoms with Gasteiger partial charge in [0.15, 0.2) is 0 Å². The van der Waals surface area contributed by atoms with E-state index >= 15 is 0 Å². The minimum absolute atomic E-state index is 0.382. The van der Waals surface area contributed by atoms with Crippen LogP contribution < -0.4 is 0 Å². The van der Waals surface area contributed by atoms with E-state index in [4.69, 9.17) is 0 Å². The van der Waals surface area contributed by atoms with Crippen LogP contribution in [0.3, 0.4) is 0 Å². The summed E-state index contributed by atoms with van der Waals surface area (Å²) in [7, 11) is 0. The predicted octanol–water partition coefficient (Wildman–Crippen LogP) is 2.06. The van der Waals surface area contributed by atoms with E-state index in [1.54, 1.807) is 0 Å². The largest absolute Gasteiger partial charge is 0.171 e. The van der Waals surface area contributed by atoms with Crippen LogP contribution in [0, 0.1) is 0 Å². The third kappa shape index (κ3) is 1.60. The van der Waals surface area contributed by atoms with Crippen molar-refractivity contribution in [3.8, 4) is 0 Å². The lowest BCUT2D eigenvalue weighted by Gasteiger charge is -2.07. The van der Waals surface area contributed by atoms with Crippen LogP contribution in [0.25, 0.3) is 0 Å². The van der Waals surface area contributed by atoms with Crippen LogP contribution in [0.5, 0.6) is 0 Å². The molecule has 1 aliphatic carbocycles. The molecule has 0 amide bonds. The van der Waals surface area contributed by atoms with E-state index < -0.39 is 0 Å². The van der Waals surface area contributed by atoms with Gasteiger partial charge in [-0.15, -0.1) is 12.6 Å². The third-order valence-corrected chi connectivity index (χ3v) is 1.73. The molecule has 8 heavy (non-hydrogen) atoms. The Hall–Kier alpha value is 0.180. The summed E-state index contributed by atoms with van der Waals surface area (Å²) in [5, 5.41) is 0.382. The SMILES string of the molecule is SC1=CC=CC(S)C1. The van der Waals surface area contributed by atoms with Crippen LogP contribution in [-0.2, 0) is 0 Å². The van der Waals surface area contributed by atoms with E-state index in [0.717, 1.165) is 11.3 Å². The van der Waals surface area contributed by atoms with Crippen molar-refractivity contribution in [2.75, 3.05) is 0 Å². The fourth-order valence-electron chi connectivity index (χ4n) is 0.645. The molecule has 0 aromatic heterocycles. The lowest BCUT2D eigenvalue weighted by atomic mass is 10.2. The van der Waals surface area contributed by atoms with E-state index in [9.17, 15) is 0 Å². The molecule has 1 unspecified atom stereocenters. The Morgan fingerprint density at radius 2 is 2.38 bits per heavy atom. The Labute approximate surface area is 60.5 Å². The summed E-state index contributed by atoms with van der Waals surface area (Å²) in [6.07, 6.45) is 7.02. The first kappa shape index (κ1) is 6.30. The monoisotopic (exact) mass is 144 g/mol. The van der Waals surface area contributed by atoms with Gasteiger partial charge in [-0.1, -0.05) is 18.2 Å². The molecule has 0 saturated heterocycles. The van der Waals surface area contributed by atoms with Gasteiger partial charge in [0.2, 0.25) is 0 Å². The number of hydrogen-bond donors (Lipinski definition) is 2. The maximum atomic E-state index is 4.24. The molecule has 0 aromatic rings. The Balaban J connectivity index is 2.59. The quantitative estimate of drug-likeness (QED) is 0.478. The van der Waals surface area contributed by atoms with Gasteiger partial charge >= 0.3 is 0 Å². The summed E-state index contributed by atoms with van der Waals surface area (Å²) < 4.78 is 0. The number of hydrogen-bond acceptors (Lipinski definition) is 2. The van der Waals surface area contributed by atoms with Gasteiger partial charge in [-0.3, -0.25) is 0 Å². The van der Waals surface area contributed by atoms with Crippen molar-refractivity contribution >= 4 is 25.3 Å². The summed E-state index contributed by atoms with van der Waals surface area (Å²) in [5.41, 5.74) is 0. The van der Waals surface area contributed by atoms with E-state index in [1.807, 2.05) is 12.2 Å². The highest BCUT2D eigenvalue weighted by Crippen LogP contribution is 2.18. The summed E-state index contributed by atoms with van der Waals surface area (Å²) in [5.74, 6) is 0. The maximum Gasteiger partial charge on any atom is 0.0245 e. The van der Waals surface area contributed by atoms with Crippen LogP contribution in [0.4, 0.5) is 0 Å². The van der Waals surface area contributed by atoms with Crippen molar-refractivity contribution < 1.29 is 0 Å². The lowest BCUT2D eigenvalue weighted by molar-refractivity contribution is 1.05. The van der Waals surface area contributed by atoms with E-state index in [-0.39, 0.29) is 0 Å².